The Morgan fingerprint density at radius 3 is 2.20 bits per heavy atom. The van der Waals surface area contributed by atoms with E-state index in [0.29, 0.717) is 5.02 Å². The van der Waals surface area contributed by atoms with Gasteiger partial charge in [-0.3, -0.25) is 4.79 Å². The first-order valence-corrected chi connectivity index (χ1v) is 5.65. The van der Waals surface area contributed by atoms with Crippen LogP contribution in [0.3, 0.4) is 0 Å². The van der Waals surface area contributed by atoms with Crippen LogP contribution in [-0.4, -0.2) is 5.24 Å². The molecule has 0 spiro atoms. The smallest absolute Gasteiger partial charge is 0.225 e. The summed E-state index contributed by atoms with van der Waals surface area (Å²) in [5.41, 5.74) is 1.12. The lowest BCUT2D eigenvalue weighted by Crippen LogP contribution is -1.96. The summed E-state index contributed by atoms with van der Waals surface area (Å²) in [4.78, 5) is 11.2. The van der Waals surface area contributed by atoms with Crippen LogP contribution < -0.4 is 0 Å². The lowest BCUT2D eigenvalue weighted by molar-refractivity contribution is -0.113. The number of carbonyl (C=O) groups excluding carboxylic acids is 1. The van der Waals surface area contributed by atoms with E-state index in [9.17, 15) is 4.79 Å². The Balaban J connectivity index is 2.27. The molecule has 2 unspecified atom stereocenters. The van der Waals surface area contributed by atoms with Crippen molar-refractivity contribution in [1.82, 2.24) is 0 Å². The highest BCUT2D eigenvalue weighted by atomic mass is 35.5. The Bertz CT molecular complexity index is 395. The average Bonchev–Trinajstić information content (AvgIpc) is 2.70. The molecule has 2 atom stereocenters. The number of hydrogen-bond acceptors (Lipinski definition) is 1. The summed E-state index contributed by atoms with van der Waals surface area (Å²) in [6.07, 6.45) is 0. The molecule has 0 radical (unpaired) electrons. The van der Waals surface area contributed by atoms with Gasteiger partial charge in [0.15, 0.2) is 0 Å². The second-order valence-electron chi connectivity index (χ2n) is 4.63. The van der Waals surface area contributed by atoms with E-state index in [2.05, 4.69) is 13.8 Å². The van der Waals surface area contributed by atoms with Crippen LogP contribution in [0.4, 0.5) is 0 Å². The first-order chi connectivity index (χ1) is 6.94. The SMILES string of the molecule is CC1(C)C(C(=O)Cl)C1c1ccc(Cl)cc1. The molecule has 1 aromatic rings. The van der Waals surface area contributed by atoms with E-state index >= 15 is 0 Å². The van der Waals surface area contributed by atoms with Crippen molar-refractivity contribution >= 4 is 28.4 Å². The summed E-state index contributed by atoms with van der Waals surface area (Å²) in [6, 6.07) is 7.63. The zero-order valence-electron chi connectivity index (χ0n) is 8.63. The molecule has 1 aliphatic rings. The molecule has 0 N–H and O–H groups in total. The molecule has 1 saturated carbocycles. The normalized spacial score (nSPS) is 27.5. The van der Waals surface area contributed by atoms with Gasteiger partial charge in [0.05, 0.1) is 0 Å². The quantitative estimate of drug-likeness (QED) is 0.721. The molecule has 1 aromatic carbocycles. The highest BCUT2D eigenvalue weighted by Crippen LogP contribution is 2.65. The monoisotopic (exact) mass is 242 g/mol. The molecule has 0 amide bonds. The van der Waals surface area contributed by atoms with Crippen molar-refractivity contribution < 1.29 is 4.79 Å². The number of halogens is 2. The fourth-order valence-corrected chi connectivity index (χ4v) is 2.89. The van der Waals surface area contributed by atoms with Gasteiger partial charge in [0.1, 0.15) is 0 Å². The predicted molar refractivity (Wildman–Crippen MR) is 62.3 cm³/mol. The van der Waals surface area contributed by atoms with Gasteiger partial charge in [-0.2, -0.15) is 0 Å². The zero-order valence-corrected chi connectivity index (χ0v) is 10.1. The van der Waals surface area contributed by atoms with Crippen LogP contribution >= 0.6 is 23.2 Å². The molecular formula is C12H12Cl2O. The number of benzene rings is 1. The van der Waals surface area contributed by atoms with E-state index in [1.54, 1.807) is 0 Å². The van der Waals surface area contributed by atoms with Gasteiger partial charge in [0, 0.05) is 16.9 Å². The van der Waals surface area contributed by atoms with Gasteiger partial charge >= 0.3 is 0 Å². The van der Waals surface area contributed by atoms with Crippen LogP contribution in [0.5, 0.6) is 0 Å². The van der Waals surface area contributed by atoms with Gasteiger partial charge in [0.2, 0.25) is 5.24 Å². The zero-order chi connectivity index (χ0) is 11.2. The molecule has 1 fully saturated rings. The van der Waals surface area contributed by atoms with Gasteiger partial charge < -0.3 is 0 Å². The topological polar surface area (TPSA) is 17.1 Å². The highest BCUT2D eigenvalue weighted by molar-refractivity contribution is 6.64. The maximum Gasteiger partial charge on any atom is 0.225 e. The third-order valence-electron chi connectivity index (χ3n) is 3.30. The standard InChI is InChI=1S/C12H12Cl2O/c1-12(2)9(10(12)11(14)15)7-3-5-8(13)6-4-7/h3-6,9-10H,1-2H3. The van der Waals surface area contributed by atoms with Crippen molar-refractivity contribution in [1.29, 1.82) is 0 Å². The van der Waals surface area contributed by atoms with E-state index < -0.39 is 0 Å². The Labute approximate surface area is 99.4 Å². The van der Waals surface area contributed by atoms with Gasteiger partial charge in [-0.05, 0) is 34.7 Å². The van der Waals surface area contributed by atoms with Crippen LogP contribution in [0.2, 0.25) is 5.02 Å². The van der Waals surface area contributed by atoms with Crippen LogP contribution in [0.1, 0.15) is 25.3 Å². The Morgan fingerprint density at radius 2 is 1.80 bits per heavy atom. The molecule has 0 aliphatic heterocycles. The molecule has 2 rings (SSSR count). The predicted octanol–water partition coefficient (Wildman–Crippen LogP) is 3.85. The van der Waals surface area contributed by atoms with Gasteiger partial charge in [-0.15, -0.1) is 0 Å². The van der Waals surface area contributed by atoms with E-state index in [0.717, 1.165) is 5.56 Å². The first kappa shape index (κ1) is 11.0. The van der Waals surface area contributed by atoms with Gasteiger partial charge in [-0.1, -0.05) is 37.6 Å². The molecule has 80 valence electrons. The molecule has 0 aromatic heterocycles. The molecular weight excluding hydrogens is 231 g/mol. The van der Waals surface area contributed by atoms with Crippen molar-refractivity contribution in [2.45, 2.75) is 19.8 Å². The second kappa shape index (κ2) is 3.50. The lowest BCUT2D eigenvalue weighted by atomic mass is 10.0. The van der Waals surface area contributed by atoms with Gasteiger partial charge in [0.25, 0.3) is 0 Å². The van der Waals surface area contributed by atoms with Crippen molar-refractivity contribution in [3.05, 3.63) is 34.9 Å². The minimum atomic E-state index is -0.236. The second-order valence-corrected chi connectivity index (χ2v) is 5.44. The largest absolute Gasteiger partial charge is 0.281 e. The molecule has 1 nitrogen and oxygen atoms in total. The number of rotatable bonds is 2. The summed E-state index contributed by atoms with van der Waals surface area (Å²) in [5.74, 6) is 0.181. The van der Waals surface area contributed by atoms with Crippen LogP contribution in [0, 0.1) is 11.3 Å². The average molecular weight is 243 g/mol. The Kier molecular flexibility index (Phi) is 2.56. The minimum absolute atomic E-state index is 0.0212. The number of hydrogen-bond donors (Lipinski definition) is 0. The highest BCUT2D eigenvalue weighted by Gasteiger charge is 2.61. The first-order valence-electron chi connectivity index (χ1n) is 4.89. The lowest BCUT2D eigenvalue weighted by Gasteiger charge is -2.02. The third-order valence-corrected chi connectivity index (χ3v) is 3.79. The fraction of sp³-hybridized carbons (Fsp3) is 0.417. The van der Waals surface area contributed by atoms with Crippen molar-refractivity contribution in [3.8, 4) is 0 Å². The van der Waals surface area contributed by atoms with Crippen LogP contribution in [0.15, 0.2) is 24.3 Å². The van der Waals surface area contributed by atoms with E-state index in [1.165, 1.54) is 0 Å². The molecule has 0 bridgehead atoms. The van der Waals surface area contributed by atoms with Crippen molar-refractivity contribution in [2.75, 3.05) is 0 Å². The minimum Gasteiger partial charge on any atom is -0.281 e. The maximum absolute atomic E-state index is 11.2. The summed E-state index contributed by atoms with van der Waals surface area (Å²) < 4.78 is 0. The van der Waals surface area contributed by atoms with E-state index in [1.807, 2.05) is 24.3 Å². The summed E-state index contributed by atoms with van der Waals surface area (Å²) in [7, 11) is 0. The Hall–Kier alpha value is -0.530. The Morgan fingerprint density at radius 1 is 1.27 bits per heavy atom. The molecule has 3 heteroatoms. The van der Waals surface area contributed by atoms with Crippen LogP contribution in [0.25, 0.3) is 0 Å². The number of carbonyl (C=O) groups is 1. The molecule has 0 heterocycles. The summed E-state index contributed by atoms with van der Waals surface area (Å²) >= 11 is 11.4. The summed E-state index contributed by atoms with van der Waals surface area (Å²) in [5, 5.41) is 0.478. The van der Waals surface area contributed by atoms with Crippen LogP contribution in [-0.2, 0) is 4.79 Å². The summed E-state index contributed by atoms with van der Waals surface area (Å²) in [6.45, 7) is 4.13. The molecule has 0 saturated heterocycles. The maximum atomic E-state index is 11.2. The molecule has 15 heavy (non-hydrogen) atoms. The van der Waals surface area contributed by atoms with Crippen molar-refractivity contribution in [3.63, 3.8) is 0 Å². The van der Waals surface area contributed by atoms with E-state index in [-0.39, 0.29) is 22.5 Å². The van der Waals surface area contributed by atoms with Gasteiger partial charge in [-0.25, -0.2) is 0 Å². The fourth-order valence-electron chi connectivity index (χ4n) is 2.35. The van der Waals surface area contributed by atoms with Crippen molar-refractivity contribution in [2.24, 2.45) is 11.3 Å². The third kappa shape index (κ3) is 1.79. The molecule has 1 aliphatic carbocycles. The van der Waals surface area contributed by atoms with E-state index in [4.69, 9.17) is 23.2 Å².